The van der Waals surface area contributed by atoms with E-state index in [-0.39, 0.29) is 0 Å². The van der Waals surface area contributed by atoms with E-state index in [1.807, 2.05) is 0 Å². The largest absolute Gasteiger partial charge is 0.314 e. The molecule has 2 heteroatoms. The van der Waals surface area contributed by atoms with E-state index in [2.05, 4.69) is 17.1 Å². The van der Waals surface area contributed by atoms with Crippen LogP contribution in [0.15, 0.2) is 0 Å². The third-order valence-electron chi connectivity index (χ3n) is 4.89. The quantitative estimate of drug-likeness (QED) is 0.729. The molecule has 1 saturated heterocycles. The van der Waals surface area contributed by atoms with Gasteiger partial charge >= 0.3 is 0 Å². The van der Waals surface area contributed by atoms with Crippen molar-refractivity contribution in [3.63, 3.8) is 0 Å². The van der Waals surface area contributed by atoms with Gasteiger partial charge in [0.15, 0.2) is 0 Å². The highest BCUT2D eigenvalue weighted by Gasteiger charge is 2.30. The molecule has 1 N–H and O–H groups in total. The highest BCUT2D eigenvalue weighted by Crippen LogP contribution is 2.29. The Labute approximate surface area is 114 Å². The predicted octanol–water partition coefficient (Wildman–Crippen LogP) is 3.42. The molecule has 0 amide bonds. The molecule has 18 heavy (non-hydrogen) atoms. The van der Waals surface area contributed by atoms with E-state index in [0.717, 1.165) is 12.0 Å². The molecule has 0 aromatic rings. The van der Waals surface area contributed by atoms with Crippen molar-refractivity contribution >= 4 is 0 Å². The second-order valence-electron chi connectivity index (χ2n) is 6.27. The lowest BCUT2D eigenvalue weighted by atomic mass is 9.82. The normalized spacial score (nSPS) is 27.5. The molecule has 1 aliphatic heterocycles. The molecule has 0 aromatic heterocycles. The van der Waals surface area contributed by atoms with Gasteiger partial charge in [0.1, 0.15) is 0 Å². The highest BCUT2D eigenvalue weighted by atomic mass is 15.2. The van der Waals surface area contributed by atoms with E-state index in [0.29, 0.717) is 0 Å². The number of piperazine rings is 1. The Morgan fingerprint density at radius 1 is 1.06 bits per heavy atom. The van der Waals surface area contributed by atoms with Gasteiger partial charge in [-0.1, -0.05) is 45.4 Å². The summed E-state index contributed by atoms with van der Waals surface area (Å²) in [5.41, 5.74) is 0. The van der Waals surface area contributed by atoms with Crippen LogP contribution in [0.4, 0.5) is 0 Å². The lowest BCUT2D eigenvalue weighted by Gasteiger charge is -2.42. The molecule has 106 valence electrons. The minimum Gasteiger partial charge on any atom is -0.314 e. The summed E-state index contributed by atoms with van der Waals surface area (Å²) in [6.07, 6.45) is 13.0. The zero-order valence-electron chi connectivity index (χ0n) is 12.3. The second-order valence-corrected chi connectivity index (χ2v) is 6.27. The van der Waals surface area contributed by atoms with Crippen LogP contribution in [0.5, 0.6) is 0 Å². The number of unbranched alkanes of at least 4 members (excludes halogenated alkanes) is 3. The predicted molar refractivity (Wildman–Crippen MR) is 78.9 cm³/mol. The second kappa shape index (κ2) is 8.16. The van der Waals surface area contributed by atoms with Crippen LogP contribution < -0.4 is 5.32 Å². The lowest BCUT2D eigenvalue weighted by Crippen LogP contribution is -2.54. The van der Waals surface area contributed by atoms with Crippen LogP contribution in [0.25, 0.3) is 0 Å². The van der Waals surface area contributed by atoms with E-state index in [1.165, 1.54) is 84.0 Å². The molecule has 1 saturated carbocycles. The third-order valence-corrected chi connectivity index (χ3v) is 4.89. The fourth-order valence-corrected chi connectivity index (χ4v) is 3.77. The molecule has 0 radical (unpaired) electrons. The van der Waals surface area contributed by atoms with Crippen molar-refractivity contribution in [2.75, 3.05) is 26.2 Å². The first-order valence-electron chi connectivity index (χ1n) is 8.36. The zero-order valence-corrected chi connectivity index (χ0v) is 12.3. The number of rotatable bonds is 6. The highest BCUT2D eigenvalue weighted by molar-refractivity contribution is 4.86. The van der Waals surface area contributed by atoms with Gasteiger partial charge in [0, 0.05) is 25.7 Å². The minimum absolute atomic E-state index is 0.848. The van der Waals surface area contributed by atoms with Crippen LogP contribution in [-0.4, -0.2) is 37.1 Å². The smallest absolute Gasteiger partial charge is 0.0249 e. The lowest BCUT2D eigenvalue weighted by molar-refractivity contribution is 0.0908. The maximum absolute atomic E-state index is 3.62. The molecule has 2 nitrogen and oxygen atoms in total. The van der Waals surface area contributed by atoms with Gasteiger partial charge in [-0.25, -0.2) is 0 Å². The maximum Gasteiger partial charge on any atom is 0.0249 e. The number of nitrogens with zero attached hydrogens (tertiary/aromatic N) is 1. The van der Waals surface area contributed by atoms with Crippen molar-refractivity contribution in [1.82, 2.24) is 10.2 Å². The average Bonchev–Trinajstić information content (AvgIpc) is 2.45. The molecule has 2 fully saturated rings. The first-order chi connectivity index (χ1) is 8.92. The molecule has 1 unspecified atom stereocenters. The summed E-state index contributed by atoms with van der Waals surface area (Å²) >= 11 is 0. The molecule has 2 rings (SSSR count). The average molecular weight is 252 g/mol. The monoisotopic (exact) mass is 252 g/mol. The molecule has 0 aromatic carbocycles. The number of hydrogen-bond donors (Lipinski definition) is 1. The van der Waals surface area contributed by atoms with Crippen LogP contribution in [0.2, 0.25) is 0 Å². The van der Waals surface area contributed by atoms with Crippen LogP contribution in [-0.2, 0) is 0 Å². The van der Waals surface area contributed by atoms with Crippen molar-refractivity contribution in [1.29, 1.82) is 0 Å². The van der Waals surface area contributed by atoms with Crippen molar-refractivity contribution < 1.29 is 0 Å². The minimum atomic E-state index is 0.848. The van der Waals surface area contributed by atoms with Crippen molar-refractivity contribution in [2.45, 2.75) is 70.8 Å². The SMILES string of the molecule is CCCCCCN1CCNCC1C1CCCCC1. The Hall–Kier alpha value is -0.0800. The van der Waals surface area contributed by atoms with E-state index < -0.39 is 0 Å². The maximum atomic E-state index is 3.62. The van der Waals surface area contributed by atoms with E-state index in [9.17, 15) is 0 Å². The van der Waals surface area contributed by atoms with E-state index >= 15 is 0 Å². The van der Waals surface area contributed by atoms with Gasteiger partial charge in [0.25, 0.3) is 0 Å². The topological polar surface area (TPSA) is 15.3 Å². The fourth-order valence-electron chi connectivity index (χ4n) is 3.77. The number of nitrogens with one attached hydrogen (secondary N) is 1. The Morgan fingerprint density at radius 3 is 2.67 bits per heavy atom. The van der Waals surface area contributed by atoms with E-state index in [4.69, 9.17) is 0 Å². The van der Waals surface area contributed by atoms with Gasteiger partial charge in [-0.15, -0.1) is 0 Å². The summed E-state index contributed by atoms with van der Waals surface area (Å²) < 4.78 is 0. The summed E-state index contributed by atoms with van der Waals surface area (Å²) in [7, 11) is 0. The van der Waals surface area contributed by atoms with Crippen molar-refractivity contribution in [3.05, 3.63) is 0 Å². The third kappa shape index (κ3) is 4.24. The Balaban J connectivity index is 1.77. The van der Waals surface area contributed by atoms with Gasteiger partial charge in [-0.3, -0.25) is 4.90 Å². The van der Waals surface area contributed by atoms with Crippen LogP contribution in [0, 0.1) is 5.92 Å². The van der Waals surface area contributed by atoms with Gasteiger partial charge in [-0.05, 0) is 31.7 Å². The molecular formula is C16H32N2. The van der Waals surface area contributed by atoms with E-state index in [1.54, 1.807) is 0 Å². The molecule has 0 spiro atoms. The summed E-state index contributed by atoms with van der Waals surface area (Å²) in [6.45, 7) is 7.39. The van der Waals surface area contributed by atoms with Crippen LogP contribution in [0.1, 0.15) is 64.7 Å². The molecule has 1 heterocycles. The summed E-state index contributed by atoms with van der Waals surface area (Å²) in [5.74, 6) is 0.984. The molecule has 1 atom stereocenters. The van der Waals surface area contributed by atoms with Gasteiger partial charge in [0.05, 0.1) is 0 Å². The van der Waals surface area contributed by atoms with Crippen molar-refractivity contribution in [2.24, 2.45) is 5.92 Å². The summed E-state index contributed by atoms with van der Waals surface area (Å²) in [4.78, 5) is 2.81. The number of hydrogen-bond acceptors (Lipinski definition) is 2. The molecule has 0 bridgehead atoms. The zero-order chi connectivity index (χ0) is 12.6. The molecular weight excluding hydrogens is 220 g/mol. The summed E-state index contributed by atoms with van der Waals surface area (Å²) in [6, 6.07) is 0.848. The van der Waals surface area contributed by atoms with Crippen molar-refractivity contribution in [3.8, 4) is 0 Å². The van der Waals surface area contributed by atoms with Crippen LogP contribution in [0.3, 0.4) is 0 Å². The fraction of sp³-hybridized carbons (Fsp3) is 1.00. The Bertz CT molecular complexity index is 211. The molecule has 2 aliphatic rings. The summed E-state index contributed by atoms with van der Waals surface area (Å²) in [5, 5.41) is 3.62. The standard InChI is InChI=1S/C16H32N2/c1-2-3-4-8-12-18-13-11-17-14-16(18)15-9-6-5-7-10-15/h15-17H,2-14H2,1H3. The Kier molecular flexibility index (Phi) is 6.50. The first-order valence-corrected chi connectivity index (χ1v) is 8.36. The van der Waals surface area contributed by atoms with Gasteiger partial charge in [0.2, 0.25) is 0 Å². The Morgan fingerprint density at radius 2 is 1.89 bits per heavy atom. The van der Waals surface area contributed by atoms with Gasteiger partial charge in [-0.2, -0.15) is 0 Å². The molecule has 1 aliphatic carbocycles. The van der Waals surface area contributed by atoms with Crippen LogP contribution >= 0.6 is 0 Å². The van der Waals surface area contributed by atoms with Gasteiger partial charge < -0.3 is 5.32 Å². The first kappa shape index (κ1) is 14.3.